The number of rotatable bonds is 7. The van der Waals surface area contributed by atoms with Gasteiger partial charge in [0.1, 0.15) is 22.4 Å². The molecule has 33 heavy (non-hydrogen) atoms. The van der Waals surface area contributed by atoms with Gasteiger partial charge in [-0.2, -0.15) is 4.37 Å². The highest BCUT2D eigenvalue weighted by Crippen LogP contribution is 2.27. The number of aryl methyl sites for hydroxylation is 3. The van der Waals surface area contributed by atoms with E-state index in [1.165, 1.54) is 16.9 Å². The van der Waals surface area contributed by atoms with Crippen LogP contribution in [0.3, 0.4) is 0 Å². The van der Waals surface area contributed by atoms with Crippen LogP contribution >= 0.6 is 11.5 Å². The van der Waals surface area contributed by atoms with Gasteiger partial charge in [-0.05, 0) is 70.3 Å². The summed E-state index contributed by atoms with van der Waals surface area (Å²) < 4.78 is 10.4. The van der Waals surface area contributed by atoms with Crippen molar-refractivity contribution in [1.29, 1.82) is 0 Å². The number of aromatic nitrogens is 2. The fourth-order valence-corrected chi connectivity index (χ4v) is 4.53. The normalized spacial score (nSPS) is 15.8. The third-order valence-corrected chi connectivity index (χ3v) is 6.54. The van der Waals surface area contributed by atoms with Crippen LogP contribution in [0.15, 0.2) is 46.1 Å². The lowest BCUT2D eigenvalue weighted by molar-refractivity contribution is 0.214. The maximum atomic E-state index is 6.09. The Bertz CT molecular complexity index is 1180. The van der Waals surface area contributed by atoms with Crippen LogP contribution in [0.1, 0.15) is 17.0 Å². The number of hydrogen-bond donors (Lipinski definition) is 2. The van der Waals surface area contributed by atoms with Crippen LogP contribution in [0.4, 0.5) is 5.00 Å². The molecule has 0 aliphatic carbocycles. The highest BCUT2D eigenvalue weighted by Gasteiger charge is 2.17. The Labute approximate surface area is 198 Å². The predicted molar refractivity (Wildman–Crippen MR) is 138 cm³/mol. The Morgan fingerprint density at radius 3 is 2.73 bits per heavy atom. The zero-order valence-electron chi connectivity index (χ0n) is 19.7. The summed E-state index contributed by atoms with van der Waals surface area (Å²) in [5.41, 5.74) is 4.34. The number of anilines is 1. The molecular formula is C24H31N7OS. The molecule has 1 aliphatic rings. The van der Waals surface area contributed by atoms with Gasteiger partial charge in [0.2, 0.25) is 0 Å². The maximum Gasteiger partial charge on any atom is 0.181 e. The quantitative estimate of drug-likeness (QED) is 0.404. The van der Waals surface area contributed by atoms with Crippen LogP contribution in [0, 0.1) is 20.8 Å². The molecule has 2 aromatic heterocycles. The van der Waals surface area contributed by atoms with E-state index in [0.29, 0.717) is 5.82 Å². The Hall–Kier alpha value is -3.17. The van der Waals surface area contributed by atoms with E-state index in [4.69, 9.17) is 9.73 Å². The van der Waals surface area contributed by atoms with Crippen LogP contribution in [-0.4, -0.2) is 71.7 Å². The number of fused-ring (bicyclic) bond motifs is 1. The third-order valence-electron chi connectivity index (χ3n) is 5.75. The summed E-state index contributed by atoms with van der Waals surface area (Å²) >= 11 is 1.40. The van der Waals surface area contributed by atoms with Crippen molar-refractivity contribution in [3.63, 3.8) is 0 Å². The molecule has 0 unspecified atom stereocenters. The first-order valence-electron chi connectivity index (χ1n) is 11.0. The van der Waals surface area contributed by atoms with Gasteiger partial charge in [0.15, 0.2) is 6.73 Å². The monoisotopic (exact) mass is 465 g/mol. The van der Waals surface area contributed by atoms with Gasteiger partial charge in [-0.15, -0.1) is 0 Å². The Morgan fingerprint density at radius 1 is 1.24 bits per heavy atom. The molecule has 1 aliphatic heterocycles. The number of hydrogen-bond acceptors (Lipinski definition) is 7. The number of nitrogens with zero attached hydrogens (tertiary/aromatic N) is 5. The molecule has 0 saturated carbocycles. The topological polar surface area (TPSA) is 81.1 Å². The minimum absolute atomic E-state index is 0.220. The van der Waals surface area contributed by atoms with Gasteiger partial charge in [-0.3, -0.25) is 0 Å². The summed E-state index contributed by atoms with van der Waals surface area (Å²) in [4.78, 5) is 16.9. The fourth-order valence-electron chi connectivity index (χ4n) is 3.86. The standard InChI is InChI=1S/C24H31N7OS/c1-16-12-19-18(3)21(7-6-20(19)27-16)32-15-26-23(31-10-8-30(5)9-11-31)14-22(25-4)28-24-13-17(2)29-33-24/h6-7,12-14,27-28H,4,8-11,15H2,1-3,5H3/b22-14+,26-23+. The lowest BCUT2D eigenvalue weighted by Gasteiger charge is -2.33. The van der Waals surface area contributed by atoms with Crippen LogP contribution < -0.4 is 10.1 Å². The second kappa shape index (κ2) is 10.2. The molecule has 0 atom stereocenters. The molecule has 1 saturated heterocycles. The summed E-state index contributed by atoms with van der Waals surface area (Å²) in [5.74, 6) is 2.31. The van der Waals surface area contributed by atoms with Crippen molar-refractivity contribution in [2.75, 3.05) is 45.3 Å². The van der Waals surface area contributed by atoms with E-state index < -0.39 is 0 Å². The van der Waals surface area contributed by atoms with Crippen molar-refractivity contribution in [2.45, 2.75) is 20.8 Å². The molecule has 0 spiro atoms. The highest BCUT2D eigenvalue weighted by atomic mass is 32.1. The minimum Gasteiger partial charge on any atom is -0.471 e. The van der Waals surface area contributed by atoms with E-state index in [1.54, 1.807) is 0 Å². The van der Waals surface area contributed by atoms with Crippen molar-refractivity contribution in [3.05, 3.63) is 53.1 Å². The smallest absolute Gasteiger partial charge is 0.181 e. The van der Waals surface area contributed by atoms with Crippen LogP contribution in [0.25, 0.3) is 10.9 Å². The Kier molecular flexibility index (Phi) is 7.10. The number of nitrogens with one attached hydrogen (secondary N) is 2. The van der Waals surface area contributed by atoms with Crippen LogP contribution in [-0.2, 0) is 0 Å². The first-order chi connectivity index (χ1) is 15.9. The molecule has 0 bridgehead atoms. The molecule has 2 N–H and O–H groups in total. The highest BCUT2D eigenvalue weighted by molar-refractivity contribution is 7.10. The van der Waals surface area contributed by atoms with Crippen molar-refractivity contribution >= 4 is 40.0 Å². The van der Waals surface area contributed by atoms with Gasteiger partial charge in [-0.1, -0.05) is 0 Å². The van der Waals surface area contributed by atoms with Crippen molar-refractivity contribution in [3.8, 4) is 5.75 Å². The average molecular weight is 466 g/mol. The molecule has 4 rings (SSSR count). The minimum atomic E-state index is 0.220. The number of benzene rings is 1. The van der Waals surface area contributed by atoms with Crippen LogP contribution in [0.5, 0.6) is 5.75 Å². The summed E-state index contributed by atoms with van der Waals surface area (Å²) in [6.07, 6.45) is 1.93. The zero-order valence-corrected chi connectivity index (χ0v) is 20.5. The maximum absolute atomic E-state index is 6.09. The number of aromatic amines is 1. The van der Waals surface area contributed by atoms with Gasteiger partial charge in [0.25, 0.3) is 0 Å². The van der Waals surface area contributed by atoms with Crippen molar-refractivity contribution in [1.82, 2.24) is 19.2 Å². The van der Waals surface area contributed by atoms with E-state index in [1.807, 2.05) is 25.1 Å². The largest absolute Gasteiger partial charge is 0.471 e. The molecule has 1 aromatic carbocycles. The van der Waals surface area contributed by atoms with E-state index in [9.17, 15) is 0 Å². The Balaban J connectivity index is 1.54. The summed E-state index contributed by atoms with van der Waals surface area (Å²) in [5, 5.41) is 5.39. The van der Waals surface area contributed by atoms with E-state index in [2.05, 4.69) is 69.2 Å². The Morgan fingerprint density at radius 2 is 2.03 bits per heavy atom. The molecular weight excluding hydrogens is 434 g/mol. The van der Waals surface area contributed by atoms with Gasteiger partial charge in [0, 0.05) is 54.4 Å². The molecule has 3 aromatic rings. The molecule has 0 radical (unpaired) electrons. The van der Waals surface area contributed by atoms with E-state index in [0.717, 1.165) is 65.2 Å². The predicted octanol–water partition coefficient (Wildman–Crippen LogP) is 4.19. The number of amidine groups is 1. The van der Waals surface area contributed by atoms with Crippen molar-refractivity contribution < 1.29 is 4.74 Å². The molecule has 1 fully saturated rings. The summed E-state index contributed by atoms with van der Waals surface area (Å²) in [6, 6.07) is 8.18. The molecule has 0 amide bonds. The number of ether oxygens (including phenoxy) is 1. The van der Waals surface area contributed by atoms with Gasteiger partial charge in [0.05, 0.1) is 5.69 Å². The average Bonchev–Trinajstić information content (AvgIpc) is 3.39. The number of H-pyrrole nitrogens is 1. The first kappa shape index (κ1) is 23.0. The van der Waals surface area contributed by atoms with Gasteiger partial charge >= 0.3 is 0 Å². The van der Waals surface area contributed by atoms with Crippen LogP contribution in [0.2, 0.25) is 0 Å². The summed E-state index contributed by atoms with van der Waals surface area (Å²) in [6.45, 7) is 13.8. The lowest BCUT2D eigenvalue weighted by Crippen LogP contribution is -2.47. The number of likely N-dealkylation sites (N-methyl/N-ethyl adjacent to an activating group) is 1. The third kappa shape index (κ3) is 5.61. The second-order valence-corrected chi connectivity index (χ2v) is 9.13. The molecule has 8 nitrogen and oxygen atoms in total. The van der Waals surface area contributed by atoms with E-state index >= 15 is 0 Å². The second-order valence-electron chi connectivity index (χ2n) is 8.33. The van der Waals surface area contributed by atoms with Gasteiger partial charge < -0.3 is 24.8 Å². The lowest BCUT2D eigenvalue weighted by atomic mass is 10.1. The molecule has 174 valence electrons. The van der Waals surface area contributed by atoms with E-state index in [-0.39, 0.29) is 6.73 Å². The molecule has 3 heterocycles. The SMILES string of the molecule is C=N/C(=C\C(=N/COc1ccc2[nH]c(C)cc2c1C)N1CCN(C)CC1)Nc1cc(C)ns1. The number of piperazine rings is 1. The summed E-state index contributed by atoms with van der Waals surface area (Å²) in [7, 11) is 2.14. The fraction of sp³-hybridized carbons (Fsp3) is 0.375. The first-order valence-corrected chi connectivity index (χ1v) is 11.8. The number of aliphatic imine (C=N–C) groups is 2. The van der Waals surface area contributed by atoms with Gasteiger partial charge in [-0.25, -0.2) is 9.98 Å². The zero-order chi connectivity index (χ0) is 23.4. The van der Waals surface area contributed by atoms with Crippen molar-refractivity contribution in [2.24, 2.45) is 9.98 Å². The molecule has 9 heteroatoms.